The Morgan fingerprint density at radius 2 is 2.21 bits per heavy atom. The summed E-state index contributed by atoms with van der Waals surface area (Å²) in [5, 5.41) is 17.8. The van der Waals surface area contributed by atoms with Crippen molar-refractivity contribution >= 4 is 11.7 Å². The summed E-state index contributed by atoms with van der Waals surface area (Å²) in [6, 6.07) is 4.56. The zero-order chi connectivity index (χ0) is 10.7. The summed E-state index contributed by atoms with van der Waals surface area (Å²) in [4.78, 5) is 10.6. The van der Waals surface area contributed by atoms with Gasteiger partial charge in [0.25, 0.3) is 0 Å². The van der Waals surface area contributed by atoms with Crippen LogP contribution < -0.4 is 5.73 Å². The van der Waals surface area contributed by atoms with E-state index in [9.17, 15) is 4.79 Å². The van der Waals surface area contributed by atoms with E-state index in [1.54, 1.807) is 13.0 Å². The molecule has 0 spiro atoms. The van der Waals surface area contributed by atoms with E-state index in [0.29, 0.717) is 12.1 Å². The standard InChI is InChI=1S/C10H13NO3/c1-6(10(13)14)4-7-2-3-8(12)5-9(7)11/h2-3,5-6,12H,4,11H2,1H3,(H,13,14). The molecule has 0 heterocycles. The molecule has 14 heavy (non-hydrogen) atoms. The first-order chi connectivity index (χ1) is 6.50. The second kappa shape index (κ2) is 4.00. The molecule has 0 amide bonds. The van der Waals surface area contributed by atoms with Crippen molar-refractivity contribution in [1.29, 1.82) is 0 Å². The Kier molecular flexibility index (Phi) is 2.96. The molecule has 0 aromatic heterocycles. The van der Waals surface area contributed by atoms with Crippen LogP contribution in [0.5, 0.6) is 5.75 Å². The van der Waals surface area contributed by atoms with Crippen LogP contribution in [0, 0.1) is 5.92 Å². The predicted molar refractivity (Wildman–Crippen MR) is 53.0 cm³/mol. The van der Waals surface area contributed by atoms with Gasteiger partial charge in [-0.1, -0.05) is 13.0 Å². The lowest BCUT2D eigenvalue weighted by atomic mass is 10.00. The lowest BCUT2D eigenvalue weighted by Crippen LogP contribution is -2.13. The van der Waals surface area contributed by atoms with E-state index in [-0.39, 0.29) is 5.75 Å². The van der Waals surface area contributed by atoms with Crippen LogP contribution in [0.15, 0.2) is 18.2 Å². The fourth-order valence-electron chi connectivity index (χ4n) is 1.19. The highest BCUT2D eigenvalue weighted by Crippen LogP contribution is 2.21. The molecule has 1 aromatic rings. The zero-order valence-corrected chi connectivity index (χ0v) is 7.90. The monoisotopic (exact) mass is 195 g/mol. The number of hydrogen-bond acceptors (Lipinski definition) is 3. The first-order valence-electron chi connectivity index (χ1n) is 4.31. The van der Waals surface area contributed by atoms with Gasteiger partial charge >= 0.3 is 5.97 Å². The smallest absolute Gasteiger partial charge is 0.306 e. The molecule has 4 N–H and O–H groups in total. The lowest BCUT2D eigenvalue weighted by Gasteiger charge is -2.08. The van der Waals surface area contributed by atoms with E-state index in [2.05, 4.69) is 0 Å². The van der Waals surface area contributed by atoms with Crippen LogP contribution in [0.3, 0.4) is 0 Å². The highest BCUT2D eigenvalue weighted by molar-refractivity contribution is 5.70. The lowest BCUT2D eigenvalue weighted by molar-refractivity contribution is -0.141. The number of carbonyl (C=O) groups is 1. The average molecular weight is 195 g/mol. The third-order valence-electron chi connectivity index (χ3n) is 2.08. The zero-order valence-electron chi connectivity index (χ0n) is 7.90. The summed E-state index contributed by atoms with van der Waals surface area (Å²) < 4.78 is 0. The van der Waals surface area contributed by atoms with Crippen molar-refractivity contribution in [2.45, 2.75) is 13.3 Å². The van der Waals surface area contributed by atoms with E-state index in [1.165, 1.54) is 12.1 Å². The summed E-state index contributed by atoms with van der Waals surface area (Å²) in [6.07, 6.45) is 0.376. The number of phenolic OH excluding ortho intramolecular Hbond substituents is 1. The maximum Gasteiger partial charge on any atom is 0.306 e. The van der Waals surface area contributed by atoms with E-state index in [1.807, 2.05) is 0 Å². The van der Waals surface area contributed by atoms with Gasteiger partial charge in [0.15, 0.2) is 0 Å². The molecule has 0 saturated carbocycles. The number of nitrogens with two attached hydrogens (primary N) is 1. The molecule has 0 radical (unpaired) electrons. The van der Waals surface area contributed by atoms with E-state index >= 15 is 0 Å². The van der Waals surface area contributed by atoms with Crippen LogP contribution in [0.25, 0.3) is 0 Å². The summed E-state index contributed by atoms with van der Waals surface area (Å²) >= 11 is 0. The average Bonchev–Trinajstić information content (AvgIpc) is 2.09. The topological polar surface area (TPSA) is 83.5 Å². The van der Waals surface area contributed by atoms with E-state index in [0.717, 1.165) is 5.56 Å². The molecule has 0 aliphatic rings. The van der Waals surface area contributed by atoms with Crippen LogP contribution in [0.2, 0.25) is 0 Å². The SMILES string of the molecule is CC(Cc1ccc(O)cc1N)C(=O)O. The quantitative estimate of drug-likeness (QED) is 0.633. The molecule has 1 unspecified atom stereocenters. The molecule has 0 bridgehead atoms. The number of benzene rings is 1. The number of carboxylic acid groups (broad SMARTS) is 1. The fourth-order valence-corrected chi connectivity index (χ4v) is 1.19. The summed E-state index contributed by atoms with van der Waals surface area (Å²) in [6.45, 7) is 1.62. The molecule has 0 fully saturated rings. The first-order valence-corrected chi connectivity index (χ1v) is 4.31. The Morgan fingerprint density at radius 1 is 1.57 bits per heavy atom. The second-order valence-corrected chi connectivity index (χ2v) is 3.33. The van der Waals surface area contributed by atoms with Gasteiger partial charge in [-0.25, -0.2) is 0 Å². The molecular formula is C10H13NO3. The van der Waals surface area contributed by atoms with Gasteiger partial charge in [-0.3, -0.25) is 4.79 Å². The molecule has 1 atom stereocenters. The summed E-state index contributed by atoms with van der Waals surface area (Å²) in [7, 11) is 0. The summed E-state index contributed by atoms with van der Waals surface area (Å²) in [5.74, 6) is -1.23. The van der Waals surface area contributed by atoms with Gasteiger partial charge in [0, 0.05) is 11.8 Å². The van der Waals surface area contributed by atoms with Gasteiger partial charge < -0.3 is 15.9 Å². The van der Waals surface area contributed by atoms with Crippen molar-refractivity contribution in [1.82, 2.24) is 0 Å². The first kappa shape index (κ1) is 10.4. The van der Waals surface area contributed by atoms with E-state index < -0.39 is 11.9 Å². The minimum absolute atomic E-state index is 0.0919. The van der Waals surface area contributed by atoms with Crippen molar-refractivity contribution < 1.29 is 15.0 Å². The Bertz CT molecular complexity index is 349. The predicted octanol–water partition coefficient (Wildman–Crippen LogP) is 1.24. The number of rotatable bonds is 3. The highest BCUT2D eigenvalue weighted by atomic mass is 16.4. The number of nitrogen functional groups attached to an aromatic ring is 1. The molecule has 0 aliphatic heterocycles. The van der Waals surface area contributed by atoms with Gasteiger partial charge in [0.2, 0.25) is 0 Å². The molecule has 0 saturated heterocycles. The number of anilines is 1. The minimum atomic E-state index is -0.850. The molecule has 76 valence electrons. The summed E-state index contributed by atoms with van der Waals surface area (Å²) in [5.41, 5.74) is 6.79. The number of phenols is 1. The highest BCUT2D eigenvalue weighted by Gasteiger charge is 2.13. The van der Waals surface area contributed by atoms with Crippen LogP contribution in [0.4, 0.5) is 5.69 Å². The van der Waals surface area contributed by atoms with Crippen molar-refractivity contribution in [3.05, 3.63) is 23.8 Å². The van der Waals surface area contributed by atoms with Crippen LogP contribution in [-0.2, 0) is 11.2 Å². The van der Waals surface area contributed by atoms with Crippen molar-refractivity contribution in [2.75, 3.05) is 5.73 Å². The van der Waals surface area contributed by atoms with Crippen molar-refractivity contribution in [2.24, 2.45) is 5.92 Å². The maximum atomic E-state index is 10.6. The Hall–Kier alpha value is -1.71. The molecular weight excluding hydrogens is 182 g/mol. The van der Waals surface area contributed by atoms with Gasteiger partial charge in [0.1, 0.15) is 5.75 Å². The van der Waals surface area contributed by atoms with Gasteiger partial charge in [-0.2, -0.15) is 0 Å². The Balaban J connectivity index is 2.82. The third-order valence-corrected chi connectivity index (χ3v) is 2.08. The second-order valence-electron chi connectivity index (χ2n) is 3.33. The van der Waals surface area contributed by atoms with Gasteiger partial charge in [-0.15, -0.1) is 0 Å². The maximum absolute atomic E-state index is 10.6. The molecule has 4 nitrogen and oxygen atoms in total. The van der Waals surface area contributed by atoms with Crippen molar-refractivity contribution in [3.63, 3.8) is 0 Å². The Morgan fingerprint density at radius 3 is 2.71 bits per heavy atom. The minimum Gasteiger partial charge on any atom is -0.508 e. The number of carboxylic acids is 1. The number of aromatic hydroxyl groups is 1. The van der Waals surface area contributed by atoms with Gasteiger partial charge in [-0.05, 0) is 18.1 Å². The van der Waals surface area contributed by atoms with Gasteiger partial charge in [0.05, 0.1) is 5.92 Å². The number of aliphatic carboxylic acids is 1. The fraction of sp³-hybridized carbons (Fsp3) is 0.300. The Labute approximate surface area is 82.0 Å². The molecule has 1 aromatic carbocycles. The van der Waals surface area contributed by atoms with Crippen LogP contribution in [0.1, 0.15) is 12.5 Å². The molecule has 0 aliphatic carbocycles. The largest absolute Gasteiger partial charge is 0.508 e. The number of hydrogen-bond donors (Lipinski definition) is 3. The normalized spacial score (nSPS) is 12.4. The van der Waals surface area contributed by atoms with E-state index in [4.69, 9.17) is 15.9 Å². The molecule has 1 rings (SSSR count). The van der Waals surface area contributed by atoms with Crippen LogP contribution in [-0.4, -0.2) is 16.2 Å². The van der Waals surface area contributed by atoms with Crippen LogP contribution >= 0.6 is 0 Å². The van der Waals surface area contributed by atoms with Crippen molar-refractivity contribution in [3.8, 4) is 5.75 Å². The third kappa shape index (κ3) is 2.39. The molecule has 4 heteroatoms.